The molecule has 0 radical (unpaired) electrons. The Balaban J connectivity index is 2.18. The summed E-state index contributed by atoms with van der Waals surface area (Å²) in [5.74, 6) is -1.21. The Bertz CT molecular complexity index is 479. The van der Waals surface area contributed by atoms with Gasteiger partial charge in [0.1, 0.15) is 6.10 Å². The van der Waals surface area contributed by atoms with Gasteiger partial charge in [-0.05, 0) is 37.1 Å². The lowest BCUT2D eigenvalue weighted by Crippen LogP contribution is -2.40. The van der Waals surface area contributed by atoms with Gasteiger partial charge in [-0.1, -0.05) is 0 Å². The second-order valence-electron chi connectivity index (χ2n) is 4.57. The van der Waals surface area contributed by atoms with Crippen LogP contribution in [0.3, 0.4) is 0 Å². The maximum atomic E-state index is 12.3. The summed E-state index contributed by atoms with van der Waals surface area (Å²) in [6.07, 6.45) is 1.05. The minimum atomic E-state index is -1.02. The summed E-state index contributed by atoms with van der Waals surface area (Å²) in [5, 5.41) is 18.0. The van der Waals surface area contributed by atoms with Crippen LogP contribution in [0.5, 0.6) is 0 Å². The van der Waals surface area contributed by atoms with E-state index >= 15 is 0 Å². The first-order chi connectivity index (χ1) is 9.63. The van der Waals surface area contributed by atoms with Crippen molar-refractivity contribution in [1.82, 2.24) is 0 Å². The minimum Gasteiger partial charge on any atom is -0.478 e. The van der Waals surface area contributed by atoms with Crippen molar-refractivity contribution in [2.24, 2.45) is 0 Å². The fraction of sp³-hybridized carbons (Fsp3) is 0.429. The average molecular weight is 279 g/mol. The molecule has 0 bridgehead atoms. The third kappa shape index (κ3) is 3.15. The molecule has 6 heteroatoms. The van der Waals surface area contributed by atoms with E-state index in [1.54, 1.807) is 12.1 Å². The van der Waals surface area contributed by atoms with E-state index < -0.39 is 12.1 Å². The molecule has 20 heavy (non-hydrogen) atoms. The predicted molar refractivity (Wildman–Crippen MR) is 71.8 cm³/mol. The van der Waals surface area contributed by atoms with Crippen LogP contribution in [-0.2, 0) is 9.53 Å². The van der Waals surface area contributed by atoms with Crippen molar-refractivity contribution in [3.8, 4) is 0 Å². The number of carboxylic acids is 1. The first-order valence-electron chi connectivity index (χ1n) is 6.50. The standard InChI is InChI=1S/C14H17NO5/c16-8-7-15(13(17)12-2-1-9-20-12)11-5-3-10(4-6-11)14(18)19/h3-6,12,16H,1-2,7-9H2,(H,18,19)/t12-/m0/s1. The number of carbonyl (C=O) groups excluding carboxylic acids is 1. The lowest BCUT2D eigenvalue weighted by molar-refractivity contribution is -0.127. The largest absolute Gasteiger partial charge is 0.478 e. The number of ether oxygens (including phenoxy) is 1. The molecule has 0 aliphatic carbocycles. The number of aliphatic hydroxyl groups is 1. The lowest BCUT2D eigenvalue weighted by Gasteiger charge is -2.24. The van der Waals surface area contributed by atoms with Crippen LogP contribution < -0.4 is 4.90 Å². The molecule has 0 spiro atoms. The van der Waals surface area contributed by atoms with Crippen LogP contribution in [0.1, 0.15) is 23.2 Å². The van der Waals surface area contributed by atoms with E-state index in [-0.39, 0.29) is 24.6 Å². The van der Waals surface area contributed by atoms with Gasteiger partial charge in [0, 0.05) is 18.8 Å². The van der Waals surface area contributed by atoms with Crippen LogP contribution >= 0.6 is 0 Å². The second kappa shape index (κ2) is 6.49. The molecule has 1 aromatic rings. The first kappa shape index (κ1) is 14.5. The molecule has 2 N–H and O–H groups in total. The van der Waals surface area contributed by atoms with Crippen molar-refractivity contribution < 1.29 is 24.5 Å². The molecular weight excluding hydrogens is 262 g/mol. The van der Waals surface area contributed by atoms with Gasteiger partial charge in [-0.2, -0.15) is 0 Å². The number of hydrogen-bond acceptors (Lipinski definition) is 4. The van der Waals surface area contributed by atoms with E-state index in [1.165, 1.54) is 17.0 Å². The van der Waals surface area contributed by atoms with E-state index in [1.807, 2.05) is 0 Å². The smallest absolute Gasteiger partial charge is 0.335 e. The van der Waals surface area contributed by atoms with Gasteiger partial charge in [-0.15, -0.1) is 0 Å². The van der Waals surface area contributed by atoms with Crippen LogP contribution in [-0.4, -0.2) is 48.0 Å². The van der Waals surface area contributed by atoms with E-state index in [4.69, 9.17) is 14.9 Å². The Hall–Kier alpha value is -1.92. The van der Waals surface area contributed by atoms with E-state index in [0.717, 1.165) is 6.42 Å². The first-order valence-corrected chi connectivity index (χ1v) is 6.50. The summed E-state index contributed by atoms with van der Waals surface area (Å²) in [5.41, 5.74) is 0.715. The van der Waals surface area contributed by atoms with Gasteiger partial charge < -0.3 is 19.8 Å². The normalized spacial score (nSPS) is 17.9. The zero-order chi connectivity index (χ0) is 14.5. The molecule has 1 atom stereocenters. The number of aromatic carboxylic acids is 1. The summed E-state index contributed by atoms with van der Waals surface area (Å²) < 4.78 is 5.36. The Morgan fingerprint density at radius 3 is 2.50 bits per heavy atom. The maximum absolute atomic E-state index is 12.3. The van der Waals surface area contributed by atoms with E-state index in [2.05, 4.69) is 0 Å². The SMILES string of the molecule is O=C(O)c1ccc(N(CCO)C(=O)[C@@H]2CCCO2)cc1. The summed E-state index contributed by atoms with van der Waals surface area (Å²) in [4.78, 5) is 24.6. The number of anilines is 1. The van der Waals surface area contributed by atoms with Crippen molar-refractivity contribution >= 4 is 17.6 Å². The van der Waals surface area contributed by atoms with Gasteiger partial charge in [0.25, 0.3) is 5.91 Å². The van der Waals surface area contributed by atoms with Crippen LogP contribution in [0.4, 0.5) is 5.69 Å². The quantitative estimate of drug-likeness (QED) is 0.835. The Morgan fingerprint density at radius 2 is 2.00 bits per heavy atom. The third-order valence-electron chi connectivity index (χ3n) is 3.22. The highest BCUT2D eigenvalue weighted by Gasteiger charge is 2.28. The van der Waals surface area contributed by atoms with Crippen LogP contribution in [0.25, 0.3) is 0 Å². The van der Waals surface area contributed by atoms with Crippen molar-refractivity contribution in [3.63, 3.8) is 0 Å². The number of rotatable bonds is 5. The molecule has 0 unspecified atom stereocenters. The van der Waals surface area contributed by atoms with Crippen molar-refractivity contribution in [2.75, 3.05) is 24.7 Å². The topological polar surface area (TPSA) is 87.1 Å². The van der Waals surface area contributed by atoms with Gasteiger partial charge in [0.15, 0.2) is 0 Å². The number of amides is 1. The maximum Gasteiger partial charge on any atom is 0.335 e. The molecule has 2 rings (SSSR count). The molecule has 1 aliphatic heterocycles. The van der Waals surface area contributed by atoms with Gasteiger partial charge in [-0.3, -0.25) is 4.79 Å². The molecule has 1 heterocycles. The predicted octanol–water partition coefficient (Wildman–Crippen LogP) is 0.889. The lowest BCUT2D eigenvalue weighted by atomic mass is 10.1. The van der Waals surface area contributed by atoms with Crippen molar-refractivity contribution in [1.29, 1.82) is 0 Å². The Morgan fingerprint density at radius 1 is 1.30 bits per heavy atom. The number of aliphatic hydroxyl groups excluding tert-OH is 1. The fourth-order valence-electron chi connectivity index (χ4n) is 2.20. The van der Waals surface area contributed by atoms with E-state index in [9.17, 15) is 9.59 Å². The molecule has 1 fully saturated rings. The summed E-state index contributed by atoms with van der Waals surface area (Å²) in [6, 6.07) is 5.99. The molecule has 6 nitrogen and oxygen atoms in total. The number of carboxylic acid groups (broad SMARTS) is 1. The molecule has 108 valence electrons. The summed E-state index contributed by atoms with van der Waals surface area (Å²) in [7, 11) is 0. The number of carbonyl (C=O) groups is 2. The summed E-state index contributed by atoms with van der Waals surface area (Å²) >= 11 is 0. The van der Waals surface area contributed by atoms with Gasteiger partial charge in [-0.25, -0.2) is 4.79 Å². The average Bonchev–Trinajstić information content (AvgIpc) is 2.98. The van der Waals surface area contributed by atoms with Crippen LogP contribution in [0.2, 0.25) is 0 Å². The van der Waals surface area contributed by atoms with Crippen molar-refractivity contribution in [3.05, 3.63) is 29.8 Å². The second-order valence-corrected chi connectivity index (χ2v) is 4.57. The highest BCUT2D eigenvalue weighted by Crippen LogP contribution is 2.21. The van der Waals surface area contributed by atoms with Crippen molar-refractivity contribution in [2.45, 2.75) is 18.9 Å². The molecule has 0 saturated carbocycles. The molecule has 1 aromatic carbocycles. The molecule has 1 aliphatic rings. The van der Waals surface area contributed by atoms with Gasteiger partial charge >= 0.3 is 5.97 Å². The van der Waals surface area contributed by atoms with Gasteiger partial charge in [0.05, 0.1) is 12.2 Å². The molecular formula is C14H17NO5. The molecule has 0 aromatic heterocycles. The molecule has 1 amide bonds. The monoisotopic (exact) mass is 279 g/mol. The number of benzene rings is 1. The fourth-order valence-corrected chi connectivity index (χ4v) is 2.20. The highest BCUT2D eigenvalue weighted by atomic mass is 16.5. The molecule has 1 saturated heterocycles. The number of nitrogens with zero attached hydrogens (tertiary/aromatic N) is 1. The zero-order valence-electron chi connectivity index (χ0n) is 11.0. The summed E-state index contributed by atoms with van der Waals surface area (Å²) in [6.45, 7) is 0.561. The third-order valence-corrected chi connectivity index (χ3v) is 3.22. The van der Waals surface area contributed by atoms with Gasteiger partial charge in [0.2, 0.25) is 0 Å². The zero-order valence-corrected chi connectivity index (χ0v) is 11.0. The number of hydrogen-bond donors (Lipinski definition) is 2. The van der Waals surface area contributed by atoms with Crippen LogP contribution in [0, 0.1) is 0 Å². The minimum absolute atomic E-state index is 0.155. The van der Waals surface area contributed by atoms with E-state index in [0.29, 0.717) is 18.7 Å². The Kier molecular flexibility index (Phi) is 4.70. The highest BCUT2D eigenvalue weighted by molar-refractivity contribution is 5.97. The van der Waals surface area contributed by atoms with Crippen LogP contribution in [0.15, 0.2) is 24.3 Å². The Labute approximate surface area is 116 Å².